The lowest BCUT2D eigenvalue weighted by molar-refractivity contribution is -0.116. The molecule has 0 aliphatic carbocycles. The van der Waals surface area contributed by atoms with E-state index in [1.54, 1.807) is 37.1 Å². The van der Waals surface area contributed by atoms with Crippen LogP contribution in [-0.2, 0) is 17.8 Å². The fraction of sp³-hybridized carbons (Fsp3) is 0.368. The number of hydrogen-bond acceptors (Lipinski definition) is 7. The number of benzene rings is 1. The van der Waals surface area contributed by atoms with Gasteiger partial charge in [-0.3, -0.25) is 9.48 Å². The van der Waals surface area contributed by atoms with Crippen molar-refractivity contribution in [3.05, 3.63) is 35.9 Å². The second-order valence-electron chi connectivity index (χ2n) is 6.11. The zero-order valence-electron chi connectivity index (χ0n) is 16.4. The zero-order chi connectivity index (χ0) is 20.1. The molecule has 0 spiro atoms. The van der Waals surface area contributed by atoms with Gasteiger partial charge in [-0.1, -0.05) is 0 Å². The summed E-state index contributed by atoms with van der Waals surface area (Å²) in [5, 5.41) is 15.3. The molecule has 0 bridgehead atoms. The van der Waals surface area contributed by atoms with E-state index in [-0.39, 0.29) is 12.3 Å². The topological polar surface area (TPSA) is 104 Å². The number of carbonyl (C=O) groups excluding carboxylic acids is 1. The minimum atomic E-state index is -0.165. The molecular formula is C19H23N5O4. The van der Waals surface area contributed by atoms with Crippen molar-refractivity contribution >= 4 is 11.6 Å². The van der Waals surface area contributed by atoms with Gasteiger partial charge in [0.15, 0.2) is 11.5 Å². The van der Waals surface area contributed by atoms with E-state index in [9.17, 15) is 4.79 Å². The molecule has 0 aliphatic rings. The lowest BCUT2D eigenvalue weighted by Gasteiger charge is -2.10. The van der Waals surface area contributed by atoms with E-state index in [1.807, 2.05) is 19.9 Å². The van der Waals surface area contributed by atoms with Gasteiger partial charge in [-0.15, -0.1) is 10.2 Å². The molecule has 0 aliphatic heterocycles. The van der Waals surface area contributed by atoms with Crippen LogP contribution in [-0.4, -0.2) is 40.1 Å². The number of amides is 1. The maximum Gasteiger partial charge on any atom is 0.265 e. The van der Waals surface area contributed by atoms with Gasteiger partial charge in [0.2, 0.25) is 11.8 Å². The minimum Gasteiger partial charge on any atom is -0.493 e. The molecule has 1 aromatic carbocycles. The molecule has 0 saturated heterocycles. The van der Waals surface area contributed by atoms with Gasteiger partial charge >= 0.3 is 0 Å². The number of anilines is 1. The number of hydrogen-bond donors (Lipinski definition) is 1. The monoisotopic (exact) mass is 385 g/mol. The second kappa shape index (κ2) is 8.55. The molecule has 0 fully saturated rings. The van der Waals surface area contributed by atoms with Crippen LogP contribution in [0.1, 0.15) is 24.9 Å². The van der Waals surface area contributed by atoms with Crippen LogP contribution in [0.2, 0.25) is 0 Å². The number of ether oxygens (including phenoxy) is 2. The van der Waals surface area contributed by atoms with Crippen molar-refractivity contribution in [3.63, 3.8) is 0 Å². The summed E-state index contributed by atoms with van der Waals surface area (Å²) in [4.78, 5) is 12.2. The van der Waals surface area contributed by atoms with E-state index >= 15 is 0 Å². The fourth-order valence-corrected chi connectivity index (χ4v) is 2.77. The van der Waals surface area contributed by atoms with Crippen LogP contribution in [0.15, 0.2) is 28.7 Å². The molecule has 3 rings (SSSR count). The Hall–Kier alpha value is -3.36. The number of rotatable bonds is 8. The van der Waals surface area contributed by atoms with Crippen LogP contribution in [0.5, 0.6) is 11.5 Å². The van der Waals surface area contributed by atoms with E-state index < -0.39 is 0 Å². The molecule has 0 saturated carbocycles. The number of nitrogens with one attached hydrogen (secondary N) is 1. The van der Waals surface area contributed by atoms with Crippen LogP contribution in [0.25, 0.3) is 11.6 Å². The van der Waals surface area contributed by atoms with Crippen LogP contribution in [0.3, 0.4) is 0 Å². The Morgan fingerprint density at radius 2 is 1.96 bits per heavy atom. The Kier molecular flexibility index (Phi) is 5.93. The van der Waals surface area contributed by atoms with Gasteiger partial charge in [0.05, 0.1) is 19.9 Å². The summed E-state index contributed by atoms with van der Waals surface area (Å²) < 4.78 is 17.9. The number of aromatic nitrogens is 4. The van der Waals surface area contributed by atoms with Gasteiger partial charge in [-0.25, -0.2) is 0 Å². The Balaban J connectivity index is 1.60. The first kappa shape index (κ1) is 19.4. The molecule has 2 heterocycles. The number of methoxy groups -OCH3 is 2. The Labute approximate surface area is 162 Å². The summed E-state index contributed by atoms with van der Waals surface area (Å²) in [6, 6.07) is 7.08. The Morgan fingerprint density at radius 1 is 1.18 bits per heavy atom. The molecule has 9 nitrogen and oxygen atoms in total. The van der Waals surface area contributed by atoms with Crippen molar-refractivity contribution < 1.29 is 18.7 Å². The maximum absolute atomic E-state index is 12.2. The number of carbonyl (C=O) groups is 1. The molecule has 1 N–H and O–H groups in total. The van der Waals surface area contributed by atoms with Gasteiger partial charge in [-0.2, -0.15) is 5.10 Å². The highest BCUT2D eigenvalue weighted by molar-refractivity contribution is 5.91. The van der Waals surface area contributed by atoms with E-state index in [0.717, 1.165) is 11.4 Å². The van der Waals surface area contributed by atoms with Crippen molar-refractivity contribution in [1.82, 2.24) is 20.0 Å². The SMILES string of the molecule is CCn1nc(C)cc1-c1nnc(CCC(=O)Nc2ccc(OC)c(OC)c2)o1. The van der Waals surface area contributed by atoms with Gasteiger partial charge < -0.3 is 19.2 Å². The maximum atomic E-state index is 12.2. The molecule has 28 heavy (non-hydrogen) atoms. The molecular weight excluding hydrogens is 362 g/mol. The number of nitrogens with zero attached hydrogens (tertiary/aromatic N) is 4. The lowest BCUT2D eigenvalue weighted by Crippen LogP contribution is -2.12. The molecule has 0 radical (unpaired) electrons. The second-order valence-corrected chi connectivity index (χ2v) is 6.11. The largest absolute Gasteiger partial charge is 0.493 e. The van der Waals surface area contributed by atoms with E-state index in [1.165, 1.54) is 0 Å². The third-order valence-electron chi connectivity index (χ3n) is 4.12. The Morgan fingerprint density at radius 3 is 2.68 bits per heavy atom. The van der Waals surface area contributed by atoms with Gasteiger partial charge in [0, 0.05) is 31.1 Å². The average Bonchev–Trinajstić information content (AvgIpc) is 3.32. The van der Waals surface area contributed by atoms with Crippen molar-refractivity contribution in [2.75, 3.05) is 19.5 Å². The van der Waals surface area contributed by atoms with Gasteiger partial charge in [-0.05, 0) is 32.0 Å². The van der Waals surface area contributed by atoms with Crippen molar-refractivity contribution in [2.24, 2.45) is 0 Å². The quantitative estimate of drug-likeness (QED) is 0.636. The molecule has 1 amide bonds. The molecule has 3 aromatic rings. The summed E-state index contributed by atoms with van der Waals surface area (Å²) in [5.41, 5.74) is 2.27. The fourth-order valence-electron chi connectivity index (χ4n) is 2.77. The first-order valence-corrected chi connectivity index (χ1v) is 8.93. The third-order valence-corrected chi connectivity index (χ3v) is 4.12. The predicted octanol–water partition coefficient (Wildman–Crippen LogP) is 2.85. The lowest BCUT2D eigenvalue weighted by atomic mass is 10.2. The smallest absolute Gasteiger partial charge is 0.265 e. The first-order valence-electron chi connectivity index (χ1n) is 8.93. The van der Waals surface area contributed by atoms with Gasteiger partial charge in [0.25, 0.3) is 5.89 Å². The summed E-state index contributed by atoms with van der Waals surface area (Å²) in [6.45, 7) is 4.60. The van der Waals surface area contributed by atoms with Crippen molar-refractivity contribution in [1.29, 1.82) is 0 Å². The first-order chi connectivity index (χ1) is 13.5. The predicted molar refractivity (Wildman–Crippen MR) is 102 cm³/mol. The molecule has 9 heteroatoms. The third kappa shape index (κ3) is 4.30. The highest BCUT2D eigenvalue weighted by Gasteiger charge is 2.15. The average molecular weight is 385 g/mol. The Bertz CT molecular complexity index is 963. The highest BCUT2D eigenvalue weighted by Crippen LogP contribution is 2.29. The zero-order valence-corrected chi connectivity index (χ0v) is 16.4. The van der Waals surface area contributed by atoms with E-state index in [2.05, 4.69) is 20.6 Å². The minimum absolute atomic E-state index is 0.165. The van der Waals surface area contributed by atoms with Crippen molar-refractivity contribution in [2.45, 2.75) is 33.2 Å². The summed E-state index contributed by atoms with van der Waals surface area (Å²) in [7, 11) is 3.10. The van der Waals surface area contributed by atoms with Crippen LogP contribution >= 0.6 is 0 Å². The van der Waals surface area contributed by atoms with Crippen LogP contribution in [0, 0.1) is 6.92 Å². The highest BCUT2D eigenvalue weighted by atomic mass is 16.5. The summed E-state index contributed by atoms with van der Waals surface area (Å²) in [5.74, 6) is 1.78. The van der Waals surface area contributed by atoms with Crippen LogP contribution in [0.4, 0.5) is 5.69 Å². The van der Waals surface area contributed by atoms with Gasteiger partial charge in [0.1, 0.15) is 5.69 Å². The summed E-state index contributed by atoms with van der Waals surface area (Å²) >= 11 is 0. The summed E-state index contributed by atoms with van der Waals surface area (Å²) in [6.07, 6.45) is 0.549. The van der Waals surface area contributed by atoms with Crippen LogP contribution < -0.4 is 14.8 Å². The van der Waals surface area contributed by atoms with E-state index in [0.29, 0.717) is 41.9 Å². The molecule has 0 unspecified atom stereocenters. The van der Waals surface area contributed by atoms with E-state index in [4.69, 9.17) is 13.9 Å². The molecule has 2 aromatic heterocycles. The molecule has 0 atom stereocenters. The molecule has 148 valence electrons. The number of aryl methyl sites for hydroxylation is 3. The normalized spacial score (nSPS) is 10.7. The standard InChI is InChI=1S/C19H23N5O4/c1-5-24-14(10-12(2)23-24)19-22-21-18(28-19)9-8-17(25)20-13-6-7-15(26-3)16(11-13)27-4/h6-7,10-11H,5,8-9H2,1-4H3,(H,20,25). The van der Waals surface area contributed by atoms with Crippen molar-refractivity contribution in [3.8, 4) is 23.1 Å².